The third-order valence-electron chi connectivity index (χ3n) is 4.78. The van der Waals surface area contributed by atoms with Gasteiger partial charge in [0.25, 0.3) is 0 Å². The van der Waals surface area contributed by atoms with Crippen molar-refractivity contribution in [2.24, 2.45) is 5.92 Å². The highest BCUT2D eigenvalue weighted by molar-refractivity contribution is 9.10. The van der Waals surface area contributed by atoms with E-state index in [0.717, 1.165) is 30.5 Å². The Balaban J connectivity index is 1.66. The van der Waals surface area contributed by atoms with E-state index in [1.165, 1.54) is 24.8 Å². The van der Waals surface area contributed by atoms with Crippen LogP contribution < -0.4 is 10.6 Å². The molecule has 108 valence electrons. The second kappa shape index (κ2) is 5.86. The second-order valence-electron chi connectivity index (χ2n) is 6.05. The molecule has 1 aliphatic carbocycles. The predicted molar refractivity (Wildman–Crippen MR) is 83.7 cm³/mol. The molecule has 0 unspecified atom stereocenters. The van der Waals surface area contributed by atoms with Crippen molar-refractivity contribution in [3.05, 3.63) is 34.3 Å². The highest BCUT2D eigenvalue weighted by Crippen LogP contribution is 2.43. The Labute approximate surface area is 128 Å². The van der Waals surface area contributed by atoms with Crippen molar-refractivity contribution in [2.75, 3.05) is 19.6 Å². The summed E-state index contributed by atoms with van der Waals surface area (Å²) in [5, 5.41) is 6.44. The lowest BCUT2D eigenvalue weighted by molar-refractivity contribution is -0.124. The van der Waals surface area contributed by atoms with Crippen molar-refractivity contribution in [1.82, 2.24) is 10.6 Å². The zero-order valence-electron chi connectivity index (χ0n) is 11.6. The zero-order chi connectivity index (χ0) is 14.0. The molecule has 20 heavy (non-hydrogen) atoms. The molecule has 0 spiro atoms. The van der Waals surface area contributed by atoms with Crippen LogP contribution in [0.4, 0.5) is 0 Å². The van der Waals surface area contributed by atoms with Crippen LogP contribution in [0.1, 0.15) is 31.2 Å². The van der Waals surface area contributed by atoms with E-state index in [-0.39, 0.29) is 17.2 Å². The van der Waals surface area contributed by atoms with Crippen molar-refractivity contribution >= 4 is 21.8 Å². The molecule has 0 bridgehead atoms. The molecule has 2 aliphatic rings. The molecule has 0 aromatic heterocycles. The Kier molecular flexibility index (Phi) is 4.13. The maximum absolute atomic E-state index is 12.2. The summed E-state index contributed by atoms with van der Waals surface area (Å²) in [7, 11) is 0. The average Bonchev–Trinajstić information content (AvgIpc) is 2.91. The van der Waals surface area contributed by atoms with Gasteiger partial charge >= 0.3 is 0 Å². The Morgan fingerprint density at radius 2 is 2.30 bits per heavy atom. The molecule has 1 aliphatic heterocycles. The summed E-state index contributed by atoms with van der Waals surface area (Å²) in [6.45, 7) is 2.57. The first kappa shape index (κ1) is 14.1. The number of carbonyl (C=O) groups excluding carboxylic acids is 1. The minimum absolute atomic E-state index is 0.158. The summed E-state index contributed by atoms with van der Waals surface area (Å²) in [4.78, 5) is 12.2. The number of rotatable bonds is 4. The second-order valence-corrected chi connectivity index (χ2v) is 6.97. The summed E-state index contributed by atoms with van der Waals surface area (Å²) < 4.78 is 1.12. The van der Waals surface area contributed by atoms with Crippen molar-refractivity contribution < 1.29 is 4.79 Å². The molecule has 1 atom stereocenters. The van der Waals surface area contributed by atoms with Crippen molar-refractivity contribution in [3.8, 4) is 0 Å². The standard InChI is InChI=1S/C16H21BrN2O/c17-14-4-1-3-13(9-14)16(6-2-7-16)11-19-15(20)12-5-8-18-10-12/h1,3-4,9,12,18H,2,5-8,10-11H2,(H,19,20)/t12-/m1/s1. The lowest BCUT2D eigenvalue weighted by Gasteiger charge is -2.43. The van der Waals surface area contributed by atoms with Crippen LogP contribution in [0.3, 0.4) is 0 Å². The summed E-state index contributed by atoms with van der Waals surface area (Å²) in [5.74, 6) is 0.380. The minimum atomic E-state index is 0.158. The number of hydrogen-bond donors (Lipinski definition) is 2. The van der Waals surface area contributed by atoms with E-state index in [1.54, 1.807) is 0 Å². The van der Waals surface area contributed by atoms with Crippen molar-refractivity contribution in [2.45, 2.75) is 31.1 Å². The molecule has 4 heteroatoms. The third-order valence-corrected chi connectivity index (χ3v) is 5.27. The number of carbonyl (C=O) groups is 1. The molecule has 2 fully saturated rings. The van der Waals surface area contributed by atoms with E-state index in [9.17, 15) is 4.79 Å². The number of hydrogen-bond acceptors (Lipinski definition) is 2. The number of nitrogens with one attached hydrogen (secondary N) is 2. The van der Waals surface area contributed by atoms with Crippen LogP contribution in [0.15, 0.2) is 28.7 Å². The average molecular weight is 337 g/mol. The molecule has 1 aromatic carbocycles. The summed E-state index contributed by atoms with van der Waals surface area (Å²) in [6.07, 6.45) is 4.57. The van der Waals surface area contributed by atoms with Crippen molar-refractivity contribution in [1.29, 1.82) is 0 Å². The molecule has 1 aromatic rings. The van der Waals surface area contributed by atoms with Gasteiger partial charge in [-0.15, -0.1) is 0 Å². The molecule has 1 saturated carbocycles. The molecule has 3 rings (SSSR count). The molecule has 1 saturated heterocycles. The number of amides is 1. The third kappa shape index (κ3) is 2.77. The lowest BCUT2D eigenvalue weighted by atomic mass is 9.64. The van der Waals surface area contributed by atoms with E-state index in [2.05, 4.69) is 50.8 Å². The fourth-order valence-corrected chi connectivity index (χ4v) is 3.67. The van der Waals surface area contributed by atoms with Crippen LogP contribution in [-0.2, 0) is 10.2 Å². The normalized spacial score (nSPS) is 24.1. The van der Waals surface area contributed by atoms with E-state index < -0.39 is 0 Å². The molecular formula is C16H21BrN2O. The molecule has 0 radical (unpaired) electrons. The Bertz CT molecular complexity index is 493. The van der Waals surface area contributed by atoms with Gasteiger partial charge in [0.15, 0.2) is 0 Å². The maximum Gasteiger partial charge on any atom is 0.224 e. The van der Waals surface area contributed by atoms with Gasteiger partial charge in [-0.2, -0.15) is 0 Å². The SMILES string of the molecule is O=C(NCC1(c2cccc(Br)c2)CCC1)[C@@H]1CCNC1. The van der Waals surface area contributed by atoms with Gasteiger partial charge in [0.05, 0.1) is 5.92 Å². The van der Waals surface area contributed by atoms with E-state index >= 15 is 0 Å². The Hall–Kier alpha value is -0.870. The smallest absolute Gasteiger partial charge is 0.224 e. The fourth-order valence-electron chi connectivity index (χ4n) is 3.27. The van der Waals surface area contributed by atoms with Gasteiger partial charge < -0.3 is 10.6 Å². The van der Waals surface area contributed by atoms with Crippen LogP contribution in [0.25, 0.3) is 0 Å². The quantitative estimate of drug-likeness (QED) is 0.887. The Morgan fingerprint density at radius 1 is 1.45 bits per heavy atom. The van der Waals surface area contributed by atoms with E-state index in [1.807, 2.05) is 0 Å². The van der Waals surface area contributed by atoms with Crippen LogP contribution in [-0.4, -0.2) is 25.5 Å². The van der Waals surface area contributed by atoms with E-state index in [4.69, 9.17) is 0 Å². The predicted octanol–water partition coefficient (Wildman–Crippen LogP) is 2.60. The molecule has 1 heterocycles. The number of halogens is 1. The summed E-state index contributed by atoms with van der Waals surface area (Å²) in [6, 6.07) is 8.52. The van der Waals surface area contributed by atoms with Gasteiger partial charge in [0.2, 0.25) is 5.91 Å². The molecular weight excluding hydrogens is 316 g/mol. The minimum Gasteiger partial charge on any atom is -0.355 e. The first-order valence-corrected chi connectivity index (χ1v) is 8.23. The van der Waals surface area contributed by atoms with Gasteiger partial charge in [0, 0.05) is 23.0 Å². The number of benzene rings is 1. The maximum atomic E-state index is 12.2. The van der Waals surface area contributed by atoms with Crippen LogP contribution in [0, 0.1) is 5.92 Å². The van der Waals surface area contributed by atoms with Gasteiger partial charge in [-0.05, 0) is 43.5 Å². The van der Waals surface area contributed by atoms with Gasteiger partial charge in [-0.3, -0.25) is 4.79 Å². The van der Waals surface area contributed by atoms with Crippen LogP contribution in [0.5, 0.6) is 0 Å². The topological polar surface area (TPSA) is 41.1 Å². The van der Waals surface area contributed by atoms with Crippen LogP contribution in [0.2, 0.25) is 0 Å². The van der Waals surface area contributed by atoms with Crippen molar-refractivity contribution in [3.63, 3.8) is 0 Å². The fraction of sp³-hybridized carbons (Fsp3) is 0.562. The molecule has 3 nitrogen and oxygen atoms in total. The highest BCUT2D eigenvalue weighted by Gasteiger charge is 2.39. The largest absolute Gasteiger partial charge is 0.355 e. The van der Waals surface area contributed by atoms with Gasteiger partial charge in [0.1, 0.15) is 0 Å². The first-order valence-electron chi connectivity index (χ1n) is 7.44. The van der Waals surface area contributed by atoms with Gasteiger partial charge in [-0.1, -0.05) is 34.5 Å². The van der Waals surface area contributed by atoms with Gasteiger partial charge in [-0.25, -0.2) is 0 Å². The first-order chi connectivity index (χ1) is 9.70. The summed E-state index contributed by atoms with van der Waals surface area (Å²) >= 11 is 3.55. The molecule has 1 amide bonds. The zero-order valence-corrected chi connectivity index (χ0v) is 13.2. The highest BCUT2D eigenvalue weighted by atomic mass is 79.9. The lowest BCUT2D eigenvalue weighted by Crippen LogP contribution is -2.47. The summed E-state index contributed by atoms with van der Waals surface area (Å²) in [5.41, 5.74) is 1.51. The van der Waals surface area contributed by atoms with Crippen LogP contribution >= 0.6 is 15.9 Å². The Morgan fingerprint density at radius 3 is 2.90 bits per heavy atom. The van der Waals surface area contributed by atoms with E-state index in [0.29, 0.717) is 0 Å². The molecule has 2 N–H and O–H groups in total. The monoisotopic (exact) mass is 336 g/mol.